The van der Waals surface area contributed by atoms with Crippen LogP contribution in [0.1, 0.15) is 21.5 Å². The number of rotatable bonds is 4. The van der Waals surface area contributed by atoms with Gasteiger partial charge >= 0.3 is 0 Å². The molecule has 3 rings (SSSR count). The zero-order valence-electron chi connectivity index (χ0n) is 13.6. The summed E-state index contributed by atoms with van der Waals surface area (Å²) in [5.74, 6) is -0.618. The number of nitro groups is 1. The molecule has 1 N–H and O–H groups in total. The maximum atomic E-state index is 12.3. The van der Waals surface area contributed by atoms with E-state index in [4.69, 9.17) is 4.42 Å². The lowest BCUT2D eigenvalue weighted by molar-refractivity contribution is -0.385. The molecule has 130 valence electrons. The number of para-hydroxylation sites is 1. The van der Waals surface area contributed by atoms with Crippen molar-refractivity contribution in [2.24, 2.45) is 5.10 Å². The maximum Gasteiger partial charge on any atom is 0.273 e. The molecule has 0 aliphatic heterocycles. The summed E-state index contributed by atoms with van der Waals surface area (Å²) in [5, 5.41) is 15.1. The molecule has 0 atom stereocenters. The smallest absolute Gasteiger partial charge is 0.273 e. The number of carbonyl (C=O) groups is 1. The molecule has 1 aromatic heterocycles. The van der Waals surface area contributed by atoms with Crippen LogP contribution in [0.15, 0.2) is 63.0 Å². The van der Waals surface area contributed by atoms with E-state index in [1.807, 2.05) is 0 Å². The van der Waals surface area contributed by atoms with Crippen molar-refractivity contribution in [2.75, 3.05) is 0 Å². The van der Waals surface area contributed by atoms with Crippen molar-refractivity contribution in [1.29, 1.82) is 0 Å². The van der Waals surface area contributed by atoms with E-state index in [-0.39, 0.29) is 27.8 Å². The van der Waals surface area contributed by atoms with Gasteiger partial charge in [0, 0.05) is 11.6 Å². The number of carbonyl (C=O) groups excluding carboxylic acids is 1. The molecular formula is C18H13N3O5. The highest BCUT2D eigenvalue weighted by atomic mass is 16.6. The standard InChI is InChI=1S/C18H13N3O5/c1-11-13(6-4-7-15(11)21(24)25)18(23)20-19-9-12-10-26-16-8-3-2-5-14(16)17(12)22/h2-10H,1H3,(H,20,23). The summed E-state index contributed by atoms with van der Waals surface area (Å²) >= 11 is 0. The molecule has 8 heteroatoms. The van der Waals surface area contributed by atoms with Crippen LogP contribution in [0.2, 0.25) is 0 Å². The van der Waals surface area contributed by atoms with E-state index in [1.54, 1.807) is 24.3 Å². The van der Waals surface area contributed by atoms with Crippen molar-refractivity contribution in [1.82, 2.24) is 5.43 Å². The molecule has 0 radical (unpaired) electrons. The first kappa shape index (κ1) is 17.0. The lowest BCUT2D eigenvalue weighted by Gasteiger charge is -2.04. The van der Waals surface area contributed by atoms with Crippen molar-refractivity contribution in [3.8, 4) is 0 Å². The molecule has 1 heterocycles. The number of fused-ring (bicyclic) bond motifs is 1. The average molecular weight is 351 g/mol. The van der Waals surface area contributed by atoms with Gasteiger partial charge < -0.3 is 4.42 Å². The number of nitro benzene ring substituents is 1. The summed E-state index contributed by atoms with van der Waals surface area (Å²) < 4.78 is 5.35. The van der Waals surface area contributed by atoms with Crippen molar-refractivity contribution in [3.63, 3.8) is 0 Å². The van der Waals surface area contributed by atoms with E-state index in [0.717, 1.165) is 0 Å². The largest absolute Gasteiger partial charge is 0.463 e. The second-order valence-electron chi connectivity index (χ2n) is 5.42. The molecule has 0 spiro atoms. The van der Waals surface area contributed by atoms with Crippen molar-refractivity contribution < 1.29 is 14.1 Å². The monoisotopic (exact) mass is 351 g/mol. The second-order valence-corrected chi connectivity index (χ2v) is 5.42. The van der Waals surface area contributed by atoms with Crippen LogP contribution >= 0.6 is 0 Å². The van der Waals surface area contributed by atoms with Gasteiger partial charge in [-0.25, -0.2) is 5.43 Å². The predicted octanol–water partition coefficient (Wildman–Crippen LogP) is 2.77. The van der Waals surface area contributed by atoms with Gasteiger partial charge in [0.25, 0.3) is 11.6 Å². The number of hydrogen-bond acceptors (Lipinski definition) is 6. The highest BCUT2D eigenvalue weighted by Gasteiger charge is 2.17. The molecule has 0 bridgehead atoms. The molecule has 0 unspecified atom stereocenters. The lowest BCUT2D eigenvalue weighted by atomic mass is 10.1. The quantitative estimate of drug-likeness (QED) is 0.441. The Morgan fingerprint density at radius 2 is 2.00 bits per heavy atom. The Labute approximate surface area is 146 Å². The minimum atomic E-state index is -0.618. The predicted molar refractivity (Wildman–Crippen MR) is 95.4 cm³/mol. The van der Waals surface area contributed by atoms with E-state index in [0.29, 0.717) is 11.0 Å². The molecule has 8 nitrogen and oxygen atoms in total. The average Bonchev–Trinajstić information content (AvgIpc) is 2.63. The third kappa shape index (κ3) is 3.20. The van der Waals surface area contributed by atoms with E-state index in [1.165, 1.54) is 37.6 Å². The molecule has 2 aromatic carbocycles. The summed E-state index contributed by atoms with van der Waals surface area (Å²) in [6.07, 6.45) is 2.42. The van der Waals surface area contributed by atoms with Crippen LogP contribution in [0.25, 0.3) is 11.0 Å². The first-order valence-corrected chi connectivity index (χ1v) is 7.57. The van der Waals surface area contributed by atoms with Gasteiger partial charge in [-0.05, 0) is 25.1 Å². The molecule has 0 saturated heterocycles. The Hall–Kier alpha value is -3.81. The van der Waals surface area contributed by atoms with Gasteiger partial charge in [-0.1, -0.05) is 18.2 Å². The third-order valence-electron chi connectivity index (χ3n) is 3.82. The molecule has 26 heavy (non-hydrogen) atoms. The van der Waals surface area contributed by atoms with Gasteiger partial charge in [-0.3, -0.25) is 19.7 Å². The fourth-order valence-corrected chi connectivity index (χ4v) is 2.47. The van der Waals surface area contributed by atoms with Gasteiger partial charge in [-0.2, -0.15) is 5.10 Å². The normalized spacial score (nSPS) is 11.0. The minimum absolute atomic E-state index is 0.127. The highest BCUT2D eigenvalue weighted by molar-refractivity contribution is 5.97. The zero-order valence-corrected chi connectivity index (χ0v) is 13.6. The van der Waals surface area contributed by atoms with Crippen LogP contribution in [-0.2, 0) is 0 Å². The van der Waals surface area contributed by atoms with Crippen LogP contribution in [0.4, 0.5) is 5.69 Å². The second kappa shape index (κ2) is 6.98. The Bertz CT molecular complexity index is 1100. The Morgan fingerprint density at radius 1 is 1.23 bits per heavy atom. The molecule has 0 aliphatic rings. The fraction of sp³-hybridized carbons (Fsp3) is 0.0556. The Morgan fingerprint density at radius 3 is 2.77 bits per heavy atom. The van der Waals surface area contributed by atoms with E-state index in [2.05, 4.69) is 10.5 Å². The summed E-state index contributed by atoms with van der Waals surface area (Å²) in [7, 11) is 0. The summed E-state index contributed by atoms with van der Waals surface area (Å²) in [5.41, 5.74) is 2.80. The zero-order chi connectivity index (χ0) is 18.7. The molecule has 1 amide bonds. The van der Waals surface area contributed by atoms with E-state index < -0.39 is 10.8 Å². The summed E-state index contributed by atoms with van der Waals surface area (Å²) in [6, 6.07) is 11.0. The minimum Gasteiger partial charge on any atom is -0.463 e. The number of nitrogens with zero attached hydrogens (tertiary/aromatic N) is 2. The SMILES string of the molecule is Cc1c(C(=O)NN=Cc2coc3ccccc3c2=O)cccc1[N+](=O)[O-]. The van der Waals surface area contributed by atoms with Gasteiger partial charge in [0.2, 0.25) is 5.43 Å². The Balaban J connectivity index is 1.82. The van der Waals surface area contributed by atoms with Crippen LogP contribution in [0, 0.1) is 17.0 Å². The number of hydrazone groups is 1. The molecule has 0 saturated carbocycles. The van der Waals surface area contributed by atoms with Crippen LogP contribution in [-0.4, -0.2) is 17.0 Å². The van der Waals surface area contributed by atoms with E-state index >= 15 is 0 Å². The fourth-order valence-electron chi connectivity index (χ4n) is 2.47. The molecule has 3 aromatic rings. The van der Waals surface area contributed by atoms with Crippen molar-refractivity contribution in [2.45, 2.75) is 6.92 Å². The summed E-state index contributed by atoms with van der Waals surface area (Å²) in [6.45, 7) is 1.48. The lowest BCUT2D eigenvalue weighted by Crippen LogP contribution is -2.20. The summed E-state index contributed by atoms with van der Waals surface area (Å²) in [4.78, 5) is 34.9. The molecule has 0 aliphatic carbocycles. The van der Waals surface area contributed by atoms with Crippen LogP contribution in [0.5, 0.6) is 0 Å². The van der Waals surface area contributed by atoms with Crippen molar-refractivity contribution >= 4 is 28.8 Å². The number of nitrogens with one attached hydrogen (secondary N) is 1. The first-order chi connectivity index (χ1) is 12.5. The maximum absolute atomic E-state index is 12.3. The van der Waals surface area contributed by atoms with E-state index in [9.17, 15) is 19.7 Å². The number of benzene rings is 2. The number of amides is 1. The third-order valence-corrected chi connectivity index (χ3v) is 3.82. The van der Waals surface area contributed by atoms with Gasteiger partial charge in [0.05, 0.1) is 27.7 Å². The van der Waals surface area contributed by atoms with Crippen LogP contribution < -0.4 is 10.9 Å². The topological polar surface area (TPSA) is 115 Å². The number of hydrogen-bond donors (Lipinski definition) is 1. The molecular weight excluding hydrogens is 338 g/mol. The first-order valence-electron chi connectivity index (χ1n) is 7.57. The Kier molecular flexibility index (Phi) is 4.57. The molecule has 0 fully saturated rings. The van der Waals surface area contributed by atoms with Crippen LogP contribution in [0.3, 0.4) is 0 Å². The van der Waals surface area contributed by atoms with Gasteiger partial charge in [-0.15, -0.1) is 0 Å². The van der Waals surface area contributed by atoms with Crippen molar-refractivity contribution in [3.05, 3.63) is 85.8 Å². The van der Waals surface area contributed by atoms with Gasteiger partial charge in [0.1, 0.15) is 11.8 Å². The highest BCUT2D eigenvalue weighted by Crippen LogP contribution is 2.20. The van der Waals surface area contributed by atoms with Gasteiger partial charge in [0.15, 0.2) is 0 Å².